The molecule has 1 heterocycles. The molecule has 2 aromatic carbocycles. The van der Waals surface area contributed by atoms with Crippen molar-refractivity contribution < 1.29 is 17.9 Å². The van der Waals surface area contributed by atoms with Crippen molar-refractivity contribution in [2.24, 2.45) is 0 Å². The Labute approximate surface area is 144 Å². The summed E-state index contributed by atoms with van der Waals surface area (Å²) < 4.78 is 46.3. The van der Waals surface area contributed by atoms with Crippen LogP contribution in [0, 0.1) is 12.7 Å². The van der Waals surface area contributed by atoms with Gasteiger partial charge in [0.25, 0.3) is 0 Å². The normalized spacial score (nSPS) is 11.1. The number of aryl methyl sites for hydroxylation is 1. The molecular weight excluding hydrogens is 359 g/mol. The molecule has 3 aromatic rings. The lowest BCUT2D eigenvalue weighted by atomic mass is 10.2. The van der Waals surface area contributed by atoms with E-state index in [1.54, 1.807) is 30.3 Å². The lowest BCUT2D eigenvalue weighted by Crippen LogP contribution is -2.25. The van der Waals surface area contributed by atoms with Crippen LogP contribution in [0.4, 0.5) is 13.2 Å². The average molecular weight is 370 g/mol. The lowest BCUT2D eigenvalue weighted by molar-refractivity contribution is 0.0640. The van der Waals surface area contributed by atoms with E-state index >= 15 is 0 Å². The van der Waals surface area contributed by atoms with Gasteiger partial charge < -0.3 is 4.74 Å². The van der Waals surface area contributed by atoms with Gasteiger partial charge in [0.1, 0.15) is 23.0 Å². The number of rotatable bonds is 4. The van der Waals surface area contributed by atoms with Gasteiger partial charge >= 0.3 is 12.2 Å². The van der Waals surface area contributed by atoms with Gasteiger partial charge in [-0.3, -0.25) is 0 Å². The van der Waals surface area contributed by atoms with Crippen LogP contribution in [0.25, 0.3) is 5.69 Å². The fraction of sp³-hybridized carbons (Fsp3) is 0.125. The quantitative estimate of drug-likeness (QED) is 0.688. The highest BCUT2D eigenvalue weighted by Crippen LogP contribution is 2.32. The van der Waals surface area contributed by atoms with Crippen LogP contribution in [-0.2, 0) is 0 Å². The fourth-order valence-corrected chi connectivity index (χ4v) is 2.42. The molecule has 0 saturated heterocycles. The summed E-state index contributed by atoms with van der Waals surface area (Å²) >= 11 is 5.97. The Morgan fingerprint density at radius 3 is 2.48 bits per heavy atom. The first-order chi connectivity index (χ1) is 11.9. The van der Waals surface area contributed by atoms with Gasteiger partial charge in [-0.1, -0.05) is 29.8 Å². The lowest BCUT2D eigenvalue weighted by Gasteiger charge is -2.10. The van der Waals surface area contributed by atoms with E-state index in [4.69, 9.17) is 16.3 Å². The Morgan fingerprint density at radius 1 is 1.20 bits per heavy atom. The molecule has 0 aliphatic heterocycles. The third-order valence-electron chi connectivity index (χ3n) is 3.38. The van der Waals surface area contributed by atoms with E-state index in [2.05, 4.69) is 5.10 Å². The van der Waals surface area contributed by atoms with Gasteiger partial charge in [-0.05, 0) is 25.1 Å². The second-order valence-electron chi connectivity index (χ2n) is 5.04. The molecule has 0 aliphatic rings. The molecule has 0 unspecified atom stereocenters. The zero-order valence-corrected chi connectivity index (χ0v) is 13.5. The first kappa shape index (κ1) is 17.1. The van der Waals surface area contributed by atoms with Crippen LogP contribution >= 0.6 is 11.6 Å². The first-order valence-electron chi connectivity index (χ1n) is 7.07. The Kier molecular flexibility index (Phi) is 4.54. The third-order valence-corrected chi connectivity index (χ3v) is 3.67. The Bertz CT molecular complexity index is 971. The predicted molar refractivity (Wildman–Crippen MR) is 85.3 cm³/mol. The van der Waals surface area contributed by atoms with Gasteiger partial charge in [-0.2, -0.15) is 13.5 Å². The predicted octanol–water partition coefficient (Wildman–Crippen LogP) is 4.32. The summed E-state index contributed by atoms with van der Waals surface area (Å²) in [5, 5.41) is 3.65. The number of ether oxygens (including phenoxy) is 1. The van der Waals surface area contributed by atoms with Crippen molar-refractivity contribution in [1.29, 1.82) is 0 Å². The van der Waals surface area contributed by atoms with Crippen molar-refractivity contribution in [1.82, 2.24) is 14.3 Å². The van der Waals surface area contributed by atoms with Crippen molar-refractivity contribution in [2.45, 2.75) is 13.5 Å². The highest BCUT2D eigenvalue weighted by Gasteiger charge is 2.21. The Morgan fingerprint density at radius 2 is 1.88 bits per heavy atom. The van der Waals surface area contributed by atoms with E-state index < -0.39 is 18.1 Å². The summed E-state index contributed by atoms with van der Waals surface area (Å²) in [6.45, 7) is -1.86. The maximum Gasteiger partial charge on any atom is 0.355 e. The molecule has 130 valence electrons. The van der Waals surface area contributed by atoms with E-state index in [0.717, 1.165) is 12.1 Å². The number of aromatic nitrogens is 3. The third kappa shape index (κ3) is 3.25. The minimum absolute atomic E-state index is 0.0387. The van der Waals surface area contributed by atoms with Gasteiger partial charge in [-0.25, -0.2) is 13.8 Å². The molecule has 5 nitrogen and oxygen atoms in total. The fourth-order valence-electron chi connectivity index (χ4n) is 2.23. The molecule has 0 fully saturated rings. The summed E-state index contributed by atoms with van der Waals surface area (Å²) in [6, 6.07) is 10.6. The van der Waals surface area contributed by atoms with Crippen molar-refractivity contribution in [3.05, 3.63) is 69.6 Å². The number of benzene rings is 2. The van der Waals surface area contributed by atoms with E-state index in [1.807, 2.05) is 0 Å². The zero-order chi connectivity index (χ0) is 18.1. The van der Waals surface area contributed by atoms with E-state index in [-0.39, 0.29) is 26.9 Å². The number of halogens is 4. The molecule has 1 aromatic heterocycles. The van der Waals surface area contributed by atoms with Gasteiger partial charge in [-0.15, -0.1) is 5.10 Å². The Balaban J connectivity index is 2.10. The second-order valence-corrected chi connectivity index (χ2v) is 5.45. The van der Waals surface area contributed by atoms with Gasteiger partial charge in [0.15, 0.2) is 5.82 Å². The number of nitrogens with zero attached hydrogens (tertiary/aromatic N) is 3. The van der Waals surface area contributed by atoms with Gasteiger partial charge in [0.05, 0.1) is 5.02 Å². The molecule has 25 heavy (non-hydrogen) atoms. The molecule has 0 amide bonds. The van der Waals surface area contributed by atoms with Gasteiger partial charge in [0, 0.05) is 6.07 Å². The molecule has 0 saturated carbocycles. The molecule has 0 spiro atoms. The summed E-state index contributed by atoms with van der Waals surface area (Å²) in [4.78, 5) is 12.1. The maximum atomic E-state index is 14.2. The number of para-hydroxylation sites is 1. The molecule has 0 N–H and O–H groups in total. The molecule has 0 bridgehead atoms. The maximum absolute atomic E-state index is 14.2. The minimum atomic E-state index is -3.09. The number of hydrogen-bond donors (Lipinski definition) is 0. The smallest absolute Gasteiger partial charge is 0.355 e. The monoisotopic (exact) mass is 369 g/mol. The highest BCUT2D eigenvalue weighted by atomic mass is 35.5. The minimum Gasteiger partial charge on any atom is -0.456 e. The van der Waals surface area contributed by atoms with Crippen LogP contribution in [-0.4, -0.2) is 14.3 Å². The summed E-state index contributed by atoms with van der Waals surface area (Å²) in [5.41, 5.74) is -1.51. The largest absolute Gasteiger partial charge is 0.456 e. The van der Waals surface area contributed by atoms with E-state index in [9.17, 15) is 18.0 Å². The second kappa shape index (κ2) is 6.64. The molecule has 0 atom stereocenters. The standard InChI is InChI=1S/C16H11ClF3N3O2/c1-9-21-23(16(24)22(9)15(19)20)13-8-14(11(17)7-12(13)18)25-10-5-3-2-4-6-10/h2-8,15H,1H3. The number of alkyl halides is 2. The van der Waals surface area contributed by atoms with E-state index in [1.165, 1.54) is 6.92 Å². The molecule has 0 aliphatic carbocycles. The van der Waals surface area contributed by atoms with Crippen LogP contribution in [0.15, 0.2) is 47.3 Å². The van der Waals surface area contributed by atoms with Crippen LogP contribution < -0.4 is 10.4 Å². The van der Waals surface area contributed by atoms with Crippen molar-refractivity contribution in [3.63, 3.8) is 0 Å². The molecular formula is C16H11ClF3N3O2. The van der Waals surface area contributed by atoms with Crippen LogP contribution in [0.5, 0.6) is 11.5 Å². The van der Waals surface area contributed by atoms with Crippen molar-refractivity contribution in [3.8, 4) is 17.2 Å². The van der Waals surface area contributed by atoms with Crippen LogP contribution in [0.2, 0.25) is 5.02 Å². The number of hydrogen-bond acceptors (Lipinski definition) is 3. The first-order valence-corrected chi connectivity index (χ1v) is 7.45. The van der Waals surface area contributed by atoms with Crippen LogP contribution in [0.1, 0.15) is 12.4 Å². The molecule has 3 rings (SSSR count). The summed E-state index contributed by atoms with van der Waals surface area (Å²) in [6.07, 6.45) is 0. The van der Waals surface area contributed by atoms with E-state index in [0.29, 0.717) is 10.4 Å². The van der Waals surface area contributed by atoms with Crippen molar-refractivity contribution in [2.75, 3.05) is 0 Å². The molecule has 0 radical (unpaired) electrons. The van der Waals surface area contributed by atoms with Crippen LogP contribution in [0.3, 0.4) is 0 Å². The summed E-state index contributed by atoms with van der Waals surface area (Å²) in [5.74, 6) is -0.657. The SMILES string of the molecule is Cc1nn(-c2cc(Oc3ccccc3)c(Cl)cc2F)c(=O)n1C(F)F. The highest BCUT2D eigenvalue weighted by molar-refractivity contribution is 6.32. The topological polar surface area (TPSA) is 49.1 Å². The Hall–Kier alpha value is -2.74. The summed E-state index contributed by atoms with van der Waals surface area (Å²) in [7, 11) is 0. The zero-order valence-electron chi connectivity index (χ0n) is 12.8. The van der Waals surface area contributed by atoms with Gasteiger partial charge in [0.2, 0.25) is 0 Å². The van der Waals surface area contributed by atoms with Crippen molar-refractivity contribution >= 4 is 11.6 Å². The molecule has 9 heteroatoms. The average Bonchev–Trinajstić information content (AvgIpc) is 2.85.